The Bertz CT molecular complexity index is 489. The maximum Gasteiger partial charge on any atom is 0.225 e. The number of anilines is 1. The molecule has 4 rings (SSSR count). The van der Waals surface area contributed by atoms with Gasteiger partial charge >= 0.3 is 0 Å². The quantitative estimate of drug-likeness (QED) is 0.794. The van der Waals surface area contributed by atoms with Crippen LogP contribution in [0.4, 0.5) is 5.95 Å². The highest BCUT2D eigenvalue weighted by Crippen LogP contribution is 2.18. The van der Waals surface area contributed by atoms with Crippen molar-refractivity contribution < 1.29 is 0 Å². The Morgan fingerprint density at radius 2 is 1.46 bits per heavy atom. The third kappa shape index (κ3) is 3.87. The van der Waals surface area contributed by atoms with E-state index in [4.69, 9.17) is 0 Å². The van der Waals surface area contributed by atoms with Gasteiger partial charge in [-0.3, -0.25) is 9.80 Å². The second-order valence-corrected chi connectivity index (χ2v) is 7.39. The lowest BCUT2D eigenvalue weighted by molar-refractivity contribution is 0.0236. The first-order chi connectivity index (χ1) is 11.9. The molecular weight excluding hydrogens is 300 g/mol. The number of nitrogens with zero attached hydrogens (tertiary/aromatic N) is 6. The summed E-state index contributed by atoms with van der Waals surface area (Å²) in [6.45, 7) is 12.1. The number of piperidine rings is 1. The molecule has 3 aliphatic rings. The maximum absolute atomic E-state index is 4.37. The third-order valence-electron chi connectivity index (χ3n) is 5.78. The fourth-order valence-electron chi connectivity index (χ4n) is 4.16. The molecule has 1 aromatic heterocycles. The molecule has 0 unspecified atom stereocenters. The van der Waals surface area contributed by atoms with Crippen LogP contribution in [-0.4, -0.2) is 96.2 Å². The molecule has 24 heavy (non-hydrogen) atoms. The van der Waals surface area contributed by atoms with Crippen molar-refractivity contribution in [3.05, 3.63) is 18.5 Å². The van der Waals surface area contributed by atoms with Crippen LogP contribution in [0.5, 0.6) is 0 Å². The zero-order chi connectivity index (χ0) is 16.2. The fraction of sp³-hybridized carbons (Fsp3) is 0.778. The Hall–Kier alpha value is -1.24. The van der Waals surface area contributed by atoms with Gasteiger partial charge in [-0.05, 0) is 32.0 Å². The van der Waals surface area contributed by atoms with Crippen LogP contribution >= 0.6 is 0 Å². The van der Waals surface area contributed by atoms with Gasteiger partial charge in [-0.2, -0.15) is 0 Å². The first kappa shape index (κ1) is 16.2. The molecule has 0 bridgehead atoms. The highest BCUT2D eigenvalue weighted by atomic mass is 15.4. The van der Waals surface area contributed by atoms with Crippen LogP contribution in [0.3, 0.4) is 0 Å². The van der Waals surface area contributed by atoms with Gasteiger partial charge in [-0.15, -0.1) is 0 Å². The monoisotopic (exact) mass is 330 g/mol. The van der Waals surface area contributed by atoms with Crippen molar-refractivity contribution in [3.8, 4) is 0 Å². The molecule has 0 N–H and O–H groups in total. The van der Waals surface area contributed by atoms with Gasteiger partial charge in [0.15, 0.2) is 0 Å². The first-order valence-corrected chi connectivity index (χ1v) is 9.59. The summed E-state index contributed by atoms with van der Waals surface area (Å²) in [4.78, 5) is 19.0. The van der Waals surface area contributed by atoms with E-state index in [1.165, 1.54) is 58.5 Å². The molecule has 132 valence electrons. The lowest BCUT2D eigenvalue weighted by atomic mass is 10.1. The molecular formula is C18H30N6. The van der Waals surface area contributed by atoms with Crippen LogP contribution in [-0.2, 0) is 0 Å². The standard InChI is InChI=1S/C18H30N6/c1-2-7-21(8-3-1)9-10-22-15-17(16-22)23-11-13-24(14-12-23)18-19-5-4-6-20-18/h4-6,17H,1-3,7-16H2. The smallest absolute Gasteiger partial charge is 0.225 e. The molecule has 4 heterocycles. The van der Waals surface area contributed by atoms with E-state index in [9.17, 15) is 0 Å². The van der Waals surface area contributed by atoms with Crippen LogP contribution in [0.25, 0.3) is 0 Å². The molecule has 0 atom stereocenters. The Labute approximate surface area is 145 Å². The molecule has 3 aliphatic heterocycles. The minimum atomic E-state index is 0.769. The zero-order valence-electron chi connectivity index (χ0n) is 14.7. The van der Waals surface area contributed by atoms with Gasteiger partial charge in [0, 0.05) is 70.8 Å². The molecule has 1 aromatic rings. The van der Waals surface area contributed by atoms with Gasteiger partial charge in [0.1, 0.15) is 0 Å². The predicted molar refractivity (Wildman–Crippen MR) is 96.3 cm³/mol. The summed E-state index contributed by atoms with van der Waals surface area (Å²) in [5, 5.41) is 0. The van der Waals surface area contributed by atoms with Crippen molar-refractivity contribution in [1.29, 1.82) is 0 Å². The minimum absolute atomic E-state index is 0.769. The molecule has 0 saturated carbocycles. The average Bonchev–Trinajstić information content (AvgIpc) is 2.62. The number of likely N-dealkylation sites (tertiary alicyclic amines) is 2. The van der Waals surface area contributed by atoms with Crippen LogP contribution < -0.4 is 4.90 Å². The van der Waals surface area contributed by atoms with Crippen molar-refractivity contribution in [3.63, 3.8) is 0 Å². The van der Waals surface area contributed by atoms with Crippen molar-refractivity contribution >= 4 is 5.95 Å². The third-order valence-corrected chi connectivity index (χ3v) is 5.78. The Balaban J connectivity index is 1.15. The molecule has 0 amide bonds. The largest absolute Gasteiger partial charge is 0.338 e. The lowest BCUT2D eigenvalue weighted by Gasteiger charge is -2.48. The summed E-state index contributed by atoms with van der Waals surface area (Å²) >= 11 is 0. The lowest BCUT2D eigenvalue weighted by Crippen LogP contribution is -2.63. The number of hydrogen-bond donors (Lipinski definition) is 0. The van der Waals surface area contributed by atoms with Crippen LogP contribution in [0.15, 0.2) is 18.5 Å². The molecule has 0 spiro atoms. The second kappa shape index (κ2) is 7.76. The summed E-state index contributed by atoms with van der Waals surface area (Å²) < 4.78 is 0. The number of aromatic nitrogens is 2. The Kier molecular flexibility index (Phi) is 5.25. The molecule has 3 fully saturated rings. The fourth-order valence-corrected chi connectivity index (χ4v) is 4.16. The molecule has 0 radical (unpaired) electrons. The Morgan fingerprint density at radius 3 is 2.17 bits per heavy atom. The van der Waals surface area contributed by atoms with Crippen molar-refractivity contribution in [2.24, 2.45) is 0 Å². The zero-order valence-corrected chi connectivity index (χ0v) is 14.7. The van der Waals surface area contributed by atoms with Gasteiger partial charge in [-0.1, -0.05) is 6.42 Å². The van der Waals surface area contributed by atoms with Crippen LogP contribution in [0, 0.1) is 0 Å². The van der Waals surface area contributed by atoms with Crippen molar-refractivity contribution in [2.45, 2.75) is 25.3 Å². The normalized spacial score (nSPS) is 24.9. The van der Waals surface area contributed by atoms with Gasteiger partial charge in [0.2, 0.25) is 5.95 Å². The van der Waals surface area contributed by atoms with E-state index in [0.717, 1.165) is 38.2 Å². The topological polar surface area (TPSA) is 38.7 Å². The van der Waals surface area contributed by atoms with E-state index in [-0.39, 0.29) is 0 Å². The molecule has 0 aromatic carbocycles. The molecule has 6 nitrogen and oxygen atoms in total. The second-order valence-electron chi connectivity index (χ2n) is 7.39. The van der Waals surface area contributed by atoms with Crippen LogP contribution in [0.2, 0.25) is 0 Å². The number of rotatable bonds is 5. The highest BCUT2D eigenvalue weighted by molar-refractivity contribution is 5.29. The molecule has 6 heteroatoms. The summed E-state index contributed by atoms with van der Waals surface area (Å²) in [7, 11) is 0. The van der Waals surface area contributed by atoms with Gasteiger partial charge in [0.25, 0.3) is 0 Å². The molecule has 3 saturated heterocycles. The van der Waals surface area contributed by atoms with E-state index >= 15 is 0 Å². The average molecular weight is 330 g/mol. The number of piperazine rings is 1. The van der Waals surface area contributed by atoms with E-state index in [1.54, 1.807) is 0 Å². The summed E-state index contributed by atoms with van der Waals surface area (Å²) in [6, 6.07) is 2.65. The van der Waals surface area contributed by atoms with E-state index < -0.39 is 0 Å². The summed E-state index contributed by atoms with van der Waals surface area (Å²) in [5.74, 6) is 0.883. The summed E-state index contributed by atoms with van der Waals surface area (Å²) in [6.07, 6.45) is 7.90. The van der Waals surface area contributed by atoms with E-state index in [0.29, 0.717) is 0 Å². The van der Waals surface area contributed by atoms with Crippen LogP contribution in [0.1, 0.15) is 19.3 Å². The Morgan fingerprint density at radius 1 is 0.792 bits per heavy atom. The summed E-state index contributed by atoms with van der Waals surface area (Å²) in [5.41, 5.74) is 0. The van der Waals surface area contributed by atoms with Crippen molar-refractivity contribution in [1.82, 2.24) is 24.7 Å². The minimum Gasteiger partial charge on any atom is -0.338 e. The SMILES string of the molecule is c1cnc(N2CCN(C3CN(CCN4CCCCC4)C3)CC2)nc1. The van der Waals surface area contributed by atoms with E-state index in [2.05, 4.69) is 29.6 Å². The number of hydrogen-bond acceptors (Lipinski definition) is 6. The van der Waals surface area contributed by atoms with Gasteiger partial charge in [0.05, 0.1) is 0 Å². The first-order valence-electron chi connectivity index (χ1n) is 9.59. The maximum atomic E-state index is 4.37. The van der Waals surface area contributed by atoms with Gasteiger partial charge < -0.3 is 9.80 Å². The predicted octanol–water partition coefficient (Wildman–Crippen LogP) is 0.769. The van der Waals surface area contributed by atoms with Crippen molar-refractivity contribution in [2.75, 3.05) is 70.3 Å². The molecule has 0 aliphatic carbocycles. The van der Waals surface area contributed by atoms with E-state index in [1.807, 2.05) is 18.5 Å². The highest BCUT2D eigenvalue weighted by Gasteiger charge is 2.33. The van der Waals surface area contributed by atoms with Gasteiger partial charge in [-0.25, -0.2) is 9.97 Å².